The summed E-state index contributed by atoms with van der Waals surface area (Å²) in [5.41, 5.74) is 2.17. The monoisotopic (exact) mass is 413 g/mol. The summed E-state index contributed by atoms with van der Waals surface area (Å²) in [6.45, 7) is 0. The second-order valence-corrected chi connectivity index (χ2v) is 8.02. The highest BCUT2D eigenvalue weighted by atomic mass is 35.5. The molecule has 3 nitrogen and oxygen atoms in total. The highest BCUT2D eigenvalue weighted by molar-refractivity contribution is 7.98. The van der Waals surface area contributed by atoms with E-state index in [1.54, 1.807) is 11.8 Å². The number of hydrogen-bond donors (Lipinski definition) is 0. The lowest BCUT2D eigenvalue weighted by atomic mass is 10.0. The molecule has 0 aliphatic rings. The lowest BCUT2D eigenvalue weighted by Gasteiger charge is -2.08. The number of thioether (sulfide) groups is 1. The Kier molecular flexibility index (Phi) is 5.39. The van der Waals surface area contributed by atoms with E-state index in [1.165, 1.54) is 16.3 Å². The minimum Gasteiger partial charge on any atom is -0.309 e. The molecule has 0 spiro atoms. The van der Waals surface area contributed by atoms with Gasteiger partial charge in [-0.2, -0.15) is 0 Å². The molecule has 0 saturated carbocycles. The summed E-state index contributed by atoms with van der Waals surface area (Å²) in [6.07, 6.45) is 0.734. The quantitative estimate of drug-likeness (QED) is 0.367. The maximum Gasteiger partial charge on any atom is 0.191 e. The Hall–Kier alpha value is -2.01. The third kappa shape index (κ3) is 3.84. The lowest BCUT2D eigenvalue weighted by molar-refractivity contribution is 0.750. The summed E-state index contributed by atoms with van der Waals surface area (Å²) in [4.78, 5) is 0. The fourth-order valence-corrected chi connectivity index (χ4v) is 4.72. The third-order valence-electron chi connectivity index (χ3n) is 4.56. The highest BCUT2D eigenvalue weighted by Gasteiger charge is 2.13. The molecule has 6 heteroatoms. The molecule has 0 atom stereocenters. The molecule has 0 amide bonds. The van der Waals surface area contributed by atoms with Gasteiger partial charge in [0.05, 0.1) is 0 Å². The van der Waals surface area contributed by atoms with Gasteiger partial charge >= 0.3 is 0 Å². The van der Waals surface area contributed by atoms with Crippen molar-refractivity contribution < 1.29 is 0 Å². The van der Waals surface area contributed by atoms with Gasteiger partial charge in [-0.15, -0.1) is 10.2 Å². The van der Waals surface area contributed by atoms with E-state index >= 15 is 0 Å². The van der Waals surface area contributed by atoms with Crippen LogP contribution in [0.15, 0.2) is 65.8 Å². The van der Waals surface area contributed by atoms with E-state index in [1.807, 2.05) is 29.8 Å². The second kappa shape index (κ2) is 7.93. The van der Waals surface area contributed by atoms with Crippen LogP contribution in [0, 0.1) is 0 Å². The smallest absolute Gasteiger partial charge is 0.191 e. The van der Waals surface area contributed by atoms with Crippen LogP contribution in [0.4, 0.5) is 0 Å². The predicted molar refractivity (Wildman–Crippen MR) is 114 cm³/mol. The van der Waals surface area contributed by atoms with Gasteiger partial charge in [-0.3, -0.25) is 0 Å². The molecule has 1 aromatic heterocycles. The van der Waals surface area contributed by atoms with Gasteiger partial charge in [-0.1, -0.05) is 83.5 Å². The fourth-order valence-electron chi connectivity index (χ4n) is 3.05. The molecule has 4 rings (SSSR count). The van der Waals surface area contributed by atoms with E-state index in [0.717, 1.165) is 23.0 Å². The van der Waals surface area contributed by atoms with Crippen molar-refractivity contribution in [3.05, 3.63) is 87.7 Å². The van der Waals surface area contributed by atoms with Crippen molar-refractivity contribution in [2.75, 3.05) is 0 Å². The maximum atomic E-state index is 6.26. The van der Waals surface area contributed by atoms with E-state index in [0.29, 0.717) is 15.8 Å². The van der Waals surface area contributed by atoms with Crippen molar-refractivity contribution in [3.8, 4) is 0 Å². The van der Waals surface area contributed by atoms with E-state index in [4.69, 9.17) is 23.2 Å². The standard InChI is InChI=1S/C21H17Cl2N3S/c1-26-20(12-15-8-4-7-14-6-2-3-9-16(14)15)24-25-21(26)27-13-17-18(22)10-5-11-19(17)23/h2-11H,12-13H2,1H3. The number of rotatable bonds is 5. The van der Waals surface area contributed by atoms with Crippen LogP contribution in [-0.2, 0) is 19.2 Å². The fraction of sp³-hybridized carbons (Fsp3) is 0.143. The molecule has 0 bridgehead atoms. The number of fused-ring (bicyclic) bond motifs is 1. The zero-order valence-electron chi connectivity index (χ0n) is 14.7. The molecule has 4 aromatic rings. The summed E-state index contributed by atoms with van der Waals surface area (Å²) in [5.74, 6) is 1.58. The molecule has 0 unspecified atom stereocenters. The van der Waals surface area contributed by atoms with Crippen LogP contribution in [0.25, 0.3) is 10.8 Å². The minimum absolute atomic E-state index is 0.652. The Morgan fingerprint density at radius 2 is 1.59 bits per heavy atom. The Labute approximate surface area is 172 Å². The first-order valence-electron chi connectivity index (χ1n) is 8.54. The third-order valence-corrected chi connectivity index (χ3v) is 6.32. The Morgan fingerprint density at radius 1 is 0.889 bits per heavy atom. The molecule has 1 heterocycles. The van der Waals surface area contributed by atoms with Gasteiger partial charge in [-0.25, -0.2) is 0 Å². The number of nitrogens with zero attached hydrogens (tertiary/aromatic N) is 3. The molecule has 0 fully saturated rings. The first-order valence-corrected chi connectivity index (χ1v) is 10.3. The first-order chi connectivity index (χ1) is 13.1. The number of benzene rings is 3. The summed E-state index contributed by atoms with van der Waals surface area (Å²) in [5, 5.41) is 13.4. The summed E-state index contributed by atoms with van der Waals surface area (Å²) in [7, 11) is 2.00. The highest BCUT2D eigenvalue weighted by Crippen LogP contribution is 2.31. The van der Waals surface area contributed by atoms with Gasteiger partial charge in [0, 0.05) is 29.3 Å². The largest absolute Gasteiger partial charge is 0.309 e. The van der Waals surface area contributed by atoms with Crippen LogP contribution in [0.3, 0.4) is 0 Å². The summed E-state index contributed by atoms with van der Waals surface area (Å²) < 4.78 is 2.04. The van der Waals surface area contributed by atoms with E-state index in [9.17, 15) is 0 Å². The molecule has 0 aliphatic heterocycles. The average molecular weight is 414 g/mol. The first kappa shape index (κ1) is 18.4. The van der Waals surface area contributed by atoms with Crippen molar-refractivity contribution in [3.63, 3.8) is 0 Å². The Bertz CT molecular complexity index is 1080. The van der Waals surface area contributed by atoms with E-state index < -0.39 is 0 Å². The molecule has 0 N–H and O–H groups in total. The van der Waals surface area contributed by atoms with Crippen molar-refractivity contribution in [1.82, 2.24) is 14.8 Å². The van der Waals surface area contributed by atoms with Gasteiger partial charge in [0.15, 0.2) is 5.16 Å². The molecule has 0 aliphatic carbocycles. The number of halogens is 2. The van der Waals surface area contributed by atoms with Crippen LogP contribution >= 0.6 is 35.0 Å². The van der Waals surface area contributed by atoms with Gasteiger partial charge in [0.1, 0.15) is 5.82 Å². The molecular formula is C21H17Cl2N3S. The summed E-state index contributed by atoms with van der Waals surface area (Å²) >= 11 is 14.1. The van der Waals surface area contributed by atoms with Crippen LogP contribution in [0.5, 0.6) is 0 Å². The topological polar surface area (TPSA) is 30.7 Å². The van der Waals surface area contributed by atoms with Gasteiger partial charge in [-0.05, 0) is 34.0 Å². The SMILES string of the molecule is Cn1c(Cc2cccc3ccccc23)nnc1SCc1c(Cl)cccc1Cl. The van der Waals surface area contributed by atoms with Crippen molar-refractivity contribution in [2.45, 2.75) is 17.3 Å². The molecule has 3 aromatic carbocycles. The van der Waals surface area contributed by atoms with Crippen molar-refractivity contribution in [1.29, 1.82) is 0 Å². The Balaban J connectivity index is 1.55. The normalized spacial score (nSPS) is 11.2. The van der Waals surface area contributed by atoms with Gasteiger partial charge in [0.25, 0.3) is 0 Å². The average Bonchev–Trinajstić information content (AvgIpc) is 3.01. The van der Waals surface area contributed by atoms with Crippen LogP contribution in [0.2, 0.25) is 10.0 Å². The zero-order chi connectivity index (χ0) is 18.8. The lowest BCUT2D eigenvalue weighted by Crippen LogP contribution is -2.01. The number of hydrogen-bond acceptors (Lipinski definition) is 3. The van der Waals surface area contributed by atoms with Crippen LogP contribution < -0.4 is 0 Å². The van der Waals surface area contributed by atoms with Crippen LogP contribution in [-0.4, -0.2) is 14.8 Å². The minimum atomic E-state index is 0.652. The summed E-state index contributed by atoms with van der Waals surface area (Å²) in [6, 6.07) is 20.3. The van der Waals surface area contributed by atoms with E-state index in [2.05, 4.69) is 52.7 Å². The molecule has 136 valence electrons. The maximum absolute atomic E-state index is 6.26. The van der Waals surface area contributed by atoms with Gasteiger partial charge in [0.2, 0.25) is 0 Å². The molecular weight excluding hydrogens is 397 g/mol. The Morgan fingerprint density at radius 3 is 2.41 bits per heavy atom. The van der Waals surface area contributed by atoms with Gasteiger partial charge < -0.3 is 4.57 Å². The number of aromatic nitrogens is 3. The van der Waals surface area contributed by atoms with E-state index in [-0.39, 0.29) is 0 Å². The zero-order valence-corrected chi connectivity index (χ0v) is 17.0. The molecule has 0 radical (unpaired) electrons. The predicted octanol–water partition coefficient (Wildman–Crippen LogP) is 6.16. The van der Waals surface area contributed by atoms with Crippen molar-refractivity contribution in [2.24, 2.45) is 7.05 Å². The van der Waals surface area contributed by atoms with Crippen molar-refractivity contribution >= 4 is 45.7 Å². The molecule has 27 heavy (non-hydrogen) atoms. The van der Waals surface area contributed by atoms with Crippen LogP contribution in [0.1, 0.15) is 17.0 Å². The second-order valence-electron chi connectivity index (χ2n) is 6.26. The molecule has 0 saturated heterocycles.